The van der Waals surface area contributed by atoms with E-state index in [9.17, 15) is 0 Å². The molecule has 1 aliphatic heterocycles. The minimum absolute atomic E-state index is 0.0266. The lowest BCUT2D eigenvalue weighted by atomic mass is 9.76. The Kier molecular flexibility index (Phi) is 4.38. The molecule has 1 N–H and O–H groups in total. The van der Waals surface area contributed by atoms with E-state index >= 15 is 0 Å². The minimum Gasteiger partial charge on any atom is -0.493 e. The first-order chi connectivity index (χ1) is 9.81. The van der Waals surface area contributed by atoms with E-state index in [1.165, 1.54) is 11.1 Å². The van der Waals surface area contributed by atoms with Crippen molar-refractivity contribution in [3.63, 3.8) is 0 Å². The highest BCUT2D eigenvalue weighted by atomic mass is 16.5. The Morgan fingerprint density at radius 1 is 1.19 bits per heavy atom. The van der Waals surface area contributed by atoms with Crippen molar-refractivity contribution in [1.29, 1.82) is 0 Å². The number of fused-ring (bicyclic) bond motifs is 1. The Hall–Kier alpha value is -1.42. The van der Waals surface area contributed by atoms with Gasteiger partial charge in [-0.1, -0.05) is 13.8 Å². The van der Waals surface area contributed by atoms with Crippen LogP contribution in [0.5, 0.6) is 17.2 Å². The van der Waals surface area contributed by atoms with Gasteiger partial charge in [0.25, 0.3) is 0 Å². The second kappa shape index (κ2) is 5.76. The van der Waals surface area contributed by atoms with Crippen LogP contribution in [0, 0.1) is 0 Å². The van der Waals surface area contributed by atoms with Gasteiger partial charge in [-0.2, -0.15) is 0 Å². The largest absolute Gasteiger partial charge is 0.493 e. The van der Waals surface area contributed by atoms with E-state index in [0.717, 1.165) is 18.0 Å². The first-order valence-electron chi connectivity index (χ1n) is 7.51. The molecule has 1 aromatic rings. The van der Waals surface area contributed by atoms with Gasteiger partial charge >= 0.3 is 0 Å². The minimum atomic E-state index is 0.0266. The van der Waals surface area contributed by atoms with Gasteiger partial charge in [-0.25, -0.2) is 0 Å². The first kappa shape index (κ1) is 16.0. The fourth-order valence-corrected chi connectivity index (χ4v) is 2.93. The molecule has 4 heteroatoms. The van der Waals surface area contributed by atoms with E-state index < -0.39 is 0 Å². The van der Waals surface area contributed by atoms with Crippen LogP contribution in [-0.4, -0.2) is 26.9 Å². The van der Waals surface area contributed by atoms with Gasteiger partial charge in [0.1, 0.15) is 0 Å². The lowest BCUT2D eigenvalue weighted by Crippen LogP contribution is -2.41. The number of hydrogen-bond donors (Lipinski definition) is 1. The van der Waals surface area contributed by atoms with Crippen LogP contribution in [-0.2, 0) is 5.41 Å². The maximum atomic E-state index is 5.96. The molecule has 1 unspecified atom stereocenters. The number of hydrogen-bond acceptors (Lipinski definition) is 4. The molecule has 1 aliphatic rings. The summed E-state index contributed by atoms with van der Waals surface area (Å²) >= 11 is 0. The summed E-state index contributed by atoms with van der Waals surface area (Å²) in [6.07, 6.45) is 0.0608. The second-order valence-electron chi connectivity index (χ2n) is 6.56. The van der Waals surface area contributed by atoms with Crippen LogP contribution in [0.15, 0.2) is 6.07 Å². The summed E-state index contributed by atoms with van der Waals surface area (Å²) in [5.74, 6) is 2.22. The molecule has 0 amide bonds. The topological polar surface area (TPSA) is 39.7 Å². The molecule has 0 aliphatic carbocycles. The lowest BCUT2D eigenvalue weighted by Gasteiger charge is -2.38. The molecule has 0 aromatic heterocycles. The lowest BCUT2D eigenvalue weighted by molar-refractivity contribution is 0.215. The van der Waals surface area contributed by atoms with Crippen molar-refractivity contribution in [1.82, 2.24) is 5.32 Å². The van der Waals surface area contributed by atoms with Gasteiger partial charge < -0.3 is 19.5 Å². The maximum absolute atomic E-state index is 5.96. The Morgan fingerprint density at radius 3 is 2.38 bits per heavy atom. The highest BCUT2D eigenvalue weighted by Crippen LogP contribution is 2.49. The highest BCUT2D eigenvalue weighted by molar-refractivity contribution is 5.62. The fraction of sp³-hybridized carbons (Fsp3) is 0.647. The number of rotatable bonds is 4. The zero-order valence-electron chi connectivity index (χ0n) is 14.2. The molecule has 0 radical (unpaired) electrons. The zero-order chi connectivity index (χ0) is 15.8. The van der Waals surface area contributed by atoms with Crippen LogP contribution in [0.4, 0.5) is 0 Å². The molecule has 0 spiro atoms. The van der Waals surface area contributed by atoms with E-state index in [1.807, 2.05) is 13.8 Å². The molecule has 118 valence electrons. The van der Waals surface area contributed by atoms with Crippen molar-refractivity contribution >= 4 is 0 Å². The summed E-state index contributed by atoms with van der Waals surface area (Å²) in [4.78, 5) is 0. The van der Waals surface area contributed by atoms with E-state index in [1.54, 1.807) is 14.2 Å². The summed E-state index contributed by atoms with van der Waals surface area (Å²) in [7, 11) is 3.36. The van der Waals surface area contributed by atoms with E-state index in [4.69, 9.17) is 14.2 Å². The van der Waals surface area contributed by atoms with Gasteiger partial charge in [0, 0.05) is 23.6 Å². The van der Waals surface area contributed by atoms with Crippen LogP contribution in [0.3, 0.4) is 0 Å². The Morgan fingerprint density at radius 2 is 1.86 bits per heavy atom. The first-order valence-corrected chi connectivity index (χ1v) is 7.51. The summed E-state index contributed by atoms with van der Waals surface area (Å²) in [6, 6.07) is 2.33. The quantitative estimate of drug-likeness (QED) is 0.923. The van der Waals surface area contributed by atoms with Crippen molar-refractivity contribution < 1.29 is 14.2 Å². The third kappa shape index (κ3) is 2.82. The van der Waals surface area contributed by atoms with E-state index in [0.29, 0.717) is 5.75 Å². The Balaban J connectivity index is 2.72. The molecular formula is C17H27NO3. The second-order valence-corrected chi connectivity index (χ2v) is 6.56. The number of methoxy groups -OCH3 is 2. The molecule has 4 nitrogen and oxygen atoms in total. The zero-order valence-corrected chi connectivity index (χ0v) is 14.2. The van der Waals surface area contributed by atoms with Crippen molar-refractivity contribution in [2.45, 2.75) is 52.2 Å². The maximum Gasteiger partial charge on any atom is 0.204 e. The molecular weight excluding hydrogens is 266 g/mol. The van der Waals surface area contributed by atoms with Gasteiger partial charge in [0.15, 0.2) is 11.5 Å². The van der Waals surface area contributed by atoms with Crippen LogP contribution >= 0.6 is 0 Å². The van der Waals surface area contributed by atoms with Crippen molar-refractivity contribution in [3.8, 4) is 17.2 Å². The van der Waals surface area contributed by atoms with Crippen molar-refractivity contribution in [2.75, 3.05) is 20.8 Å². The molecule has 0 fully saturated rings. The van der Waals surface area contributed by atoms with Crippen LogP contribution in [0.2, 0.25) is 0 Å². The molecule has 0 bridgehead atoms. The highest BCUT2D eigenvalue weighted by Gasteiger charge is 2.36. The third-order valence-electron chi connectivity index (χ3n) is 4.03. The SMILES string of the molecule is COc1cc2c(c(OC)c1OC(C)C)C(C)NCC2(C)C. The van der Waals surface area contributed by atoms with E-state index in [-0.39, 0.29) is 17.6 Å². The average Bonchev–Trinajstić information content (AvgIpc) is 2.42. The summed E-state index contributed by atoms with van der Waals surface area (Å²) in [5.41, 5.74) is 2.46. The van der Waals surface area contributed by atoms with Gasteiger partial charge in [-0.15, -0.1) is 0 Å². The van der Waals surface area contributed by atoms with Gasteiger partial charge in [0.05, 0.1) is 20.3 Å². The van der Waals surface area contributed by atoms with Crippen molar-refractivity contribution in [2.24, 2.45) is 0 Å². The number of ether oxygens (including phenoxy) is 3. The fourth-order valence-electron chi connectivity index (χ4n) is 2.93. The summed E-state index contributed by atoms with van der Waals surface area (Å²) in [5, 5.41) is 3.54. The molecule has 1 atom stereocenters. The average molecular weight is 293 g/mol. The Bertz CT molecular complexity index is 523. The van der Waals surface area contributed by atoms with Gasteiger partial charge in [0.2, 0.25) is 5.75 Å². The third-order valence-corrected chi connectivity index (χ3v) is 4.03. The predicted molar refractivity (Wildman–Crippen MR) is 84.8 cm³/mol. The van der Waals surface area contributed by atoms with Crippen LogP contribution in [0.1, 0.15) is 51.8 Å². The smallest absolute Gasteiger partial charge is 0.204 e. The van der Waals surface area contributed by atoms with Gasteiger partial charge in [-0.3, -0.25) is 0 Å². The molecule has 1 aromatic carbocycles. The Labute approximate surface area is 127 Å². The molecule has 1 heterocycles. The summed E-state index contributed by atoms with van der Waals surface area (Å²) in [6.45, 7) is 11.5. The summed E-state index contributed by atoms with van der Waals surface area (Å²) < 4.78 is 17.2. The molecule has 21 heavy (non-hydrogen) atoms. The predicted octanol–water partition coefficient (Wildman–Crippen LogP) is 3.43. The molecule has 2 rings (SSSR count). The number of nitrogens with one attached hydrogen (secondary N) is 1. The molecule has 0 saturated heterocycles. The number of benzene rings is 1. The van der Waals surface area contributed by atoms with E-state index in [2.05, 4.69) is 32.2 Å². The van der Waals surface area contributed by atoms with Gasteiger partial charge in [-0.05, 0) is 32.4 Å². The van der Waals surface area contributed by atoms with Crippen molar-refractivity contribution in [3.05, 3.63) is 17.2 Å². The van der Waals surface area contributed by atoms with Crippen LogP contribution < -0.4 is 19.5 Å². The molecule has 0 saturated carbocycles. The standard InChI is InChI=1S/C17H27NO3/c1-10(2)21-15-13(19-6)8-12-14(16(15)20-7)11(3)18-9-17(12,4)5/h8,10-11,18H,9H2,1-7H3. The monoisotopic (exact) mass is 293 g/mol. The normalized spacial score (nSPS) is 20.1. The van der Waals surface area contributed by atoms with Crippen LogP contribution in [0.25, 0.3) is 0 Å².